The number of hydrogen-bond donors (Lipinski definition) is 8. The molecule has 0 bridgehead atoms. The van der Waals surface area contributed by atoms with Crippen LogP contribution in [0.3, 0.4) is 0 Å². The maximum atomic E-state index is 14.5. The van der Waals surface area contributed by atoms with Crippen molar-refractivity contribution >= 4 is 106 Å². The summed E-state index contributed by atoms with van der Waals surface area (Å²) >= 11 is 10.0. The molecule has 30 heteroatoms. The first kappa shape index (κ1) is 78.0. The molecular weight excluding hydrogens is 1330 g/mol. The monoisotopic (exact) mass is 1420 g/mol. The Labute approximate surface area is 582 Å². The maximum Gasteiger partial charge on any atom is 0.306 e. The number of halogens is 1. The molecule has 4 aliphatic carbocycles. The van der Waals surface area contributed by atoms with Crippen molar-refractivity contribution in [2.24, 2.45) is 28.6 Å². The van der Waals surface area contributed by atoms with Crippen LogP contribution in [0.4, 0.5) is 0 Å². The number of ether oxygens (including phenoxy) is 6. The lowest BCUT2D eigenvalue weighted by molar-refractivity contribution is -0.203. The SMILES string of the molecule is CCC(=O)O[C@]1(C(=O)COCNC(=O)CNC(=O)[C@H](C)NC(=O)[C@H](CCC(=O)O)NC(=O)CNC(=O)CCOCCOCCOCCOCCNC(=O)CCN2C(=O)C(Sc3ccccc3)=C(Sc3ccccc3)C2=O)[C@@H](C)CC2[C@@H]3CCC4=CC(=O)C=C[C@]4(C)[C@@]3(Cl)[C@@H](O)C[C@@]21C. The number of nitrogens with one attached hydrogen (secondary N) is 6. The Hall–Kier alpha value is -7.35. The number of hydrogen-bond acceptors (Lipinski definition) is 21. The van der Waals surface area contributed by atoms with Crippen molar-refractivity contribution in [2.75, 3.05) is 92.4 Å². The number of carboxylic acids is 1. The number of alkyl halides is 1. The van der Waals surface area contributed by atoms with Gasteiger partial charge >= 0.3 is 11.9 Å². The van der Waals surface area contributed by atoms with Gasteiger partial charge in [-0.05, 0) is 87.3 Å². The fourth-order valence-corrected chi connectivity index (χ4v) is 16.0. The highest BCUT2D eigenvalue weighted by atomic mass is 35.5. The predicted octanol–water partition coefficient (Wildman–Crippen LogP) is 3.44. The molecule has 534 valence electrons. The molecule has 0 radical (unpaired) electrons. The second-order valence-corrected chi connectivity index (χ2v) is 27.6. The predicted molar refractivity (Wildman–Crippen MR) is 357 cm³/mol. The van der Waals surface area contributed by atoms with Crippen LogP contribution >= 0.6 is 35.1 Å². The number of benzene rings is 2. The van der Waals surface area contributed by atoms with E-state index >= 15 is 0 Å². The van der Waals surface area contributed by atoms with Crippen LogP contribution in [0.15, 0.2) is 104 Å². The number of carbonyl (C=O) groups is 12. The Morgan fingerprint density at radius 3 is 1.88 bits per heavy atom. The summed E-state index contributed by atoms with van der Waals surface area (Å²) in [5.41, 5.74) is -2.83. The molecule has 5 aliphatic rings. The van der Waals surface area contributed by atoms with E-state index in [2.05, 4.69) is 31.9 Å². The number of carboxylic acid groups (broad SMARTS) is 1. The minimum atomic E-state index is -1.73. The Kier molecular flexibility index (Phi) is 29.2. The molecule has 7 rings (SSSR count). The number of rotatable bonds is 40. The summed E-state index contributed by atoms with van der Waals surface area (Å²) in [4.78, 5) is 158. The van der Waals surface area contributed by atoms with E-state index in [9.17, 15) is 67.7 Å². The zero-order valence-corrected chi connectivity index (χ0v) is 58.0. The number of aliphatic carboxylic acids is 1. The maximum absolute atomic E-state index is 14.5. The summed E-state index contributed by atoms with van der Waals surface area (Å²) in [6.07, 6.45) is 4.03. The molecule has 8 N–H and O–H groups in total. The Bertz CT molecular complexity index is 3280. The lowest BCUT2D eigenvalue weighted by atomic mass is 9.45. The minimum Gasteiger partial charge on any atom is -0.481 e. The summed E-state index contributed by atoms with van der Waals surface area (Å²) in [6, 6.07) is 15.8. The van der Waals surface area contributed by atoms with Gasteiger partial charge in [0.25, 0.3) is 11.8 Å². The molecule has 3 fully saturated rings. The number of imide groups is 1. The van der Waals surface area contributed by atoms with Crippen LogP contribution in [0.25, 0.3) is 0 Å². The first-order chi connectivity index (χ1) is 46.8. The normalized spacial score (nSPS) is 24.5. The van der Waals surface area contributed by atoms with Crippen LogP contribution in [-0.2, 0) is 86.0 Å². The second-order valence-electron chi connectivity index (χ2n) is 24.8. The number of esters is 1. The summed E-state index contributed by atoms with van der Waals surface area (Å²) in [7, 11) is 0. The van der Waals surface area contributed by atoms with Gasteiger partial charge in [0, 0.05) is 65.3 Å². The van der Waals surface area contributed by atoms with Gasteiger partial charge in [0.05, 0.1) is 86.7 Å². The van der Waals surface area contributed by atoms with Crippen LogP contribution in [0.2, 0.25) is 0 Å². The zero-order chi connectivity index (χ0) is 71.2. The fourth-order valence-electron chi connectivity index (χ4n) is 13.5. The molecule has 1 heterocycles. The third-order valence-electron chi connectivity index (χ3n) is 18.4. The number of fused-ring (bicyclic) bond motifs is 5. The van der Waals surface area contributed by atoms with Gasteiger partial charge in [-0.25, -0.2) is 0 Å². The summed E-state index contributed by atoms with van der Waals surface area (Å²) in [6.45, 7) is 7.88. The van der Waals surface area contributed by atoms with Crippen molar-refractivity contribution in [3.8, 4) is 0 Å². The van der Waals surface area contributed by atoms with Gasteiger partial charge in [0.2, 0.25) is 41.2 Å². The molecule has 0 aromatic heterocycles. The Morgan fingerprint density at radius 1 is 0.694 bits per heavy atom. The lowest BCUT2D eigenvalue weighted by Crippen LogP contribution is -2.69. The first-order valence-corrected chi connectivity index (χ1v) is 34.7. The van der Waals surface area contributed by atoms with E-state index in [1.165, 1.54) is 36.5 Å². The number of nitrogens with zero attached hydrogens (tertiary/aromatic N) is 1. The molecule has 1 unspecified atom stereocenters. The van der Waals surface area contributed by atoms with Crippen molar-refractivity contribution in [3.05, 3.63) is 94.3 Å². The van der Waals surface area contributed by atoms with Crippen molar-refractivity contribution in [1.82, 2.24) is 36.8 Å². The van der Waals surface area contributed by atoms with Crippen LogP contribution in [-0.4, -0.2) is 207 Å². The van der Waals surface area contributed by atoms with Gasteiger partial charge in [-0.15, -0.1) is 11.6 Å². The van der Waals surface area contributed by atoms with Gasteiger partial charge in [-0.2, -0.15) is 0 Å². The smallest absolute Gasteiger partial charge is 0.306 e. The molecule has 1 aliphatic heterocycles. The molecular formula is C68H88ClN7O20S2. The fraction of sp³-hybridized carbons (Fsp3) is 0.559. The van der Waals surface area contributed by atoms with Gasteiger partial charge in [-0.3, -0.25) is 62.4 Å². The van der Waals surface area contributed by atoms with Crippen molar-refractivity contribution in [2.45, 2.75) is 131 Å². The molecule has 3 saturated carbocycles. The number of ketones is 2. The van der Waals surface area contributed by atoms with Crippen molar-refractivity contribution in [3.63, 3.8) is 0 Å². The number of aliphatic hydroxyl groups excluding tert-OH is 1. The van der Waals surface area contributed by atoms with Gasteiger partial charge in [0.1, 0.15) is 25.4 Å². The number of amides is 8. The largest absolute Gasteiger partial charge is 0.481 e. The van der Waals surface area contributed by atoms with Gasteiger partial charge in [-0.1, -0.05) is 99.3 Å². The number of Topliss-reactive ketones (excluding diaryl/α,β-unsaturated/α-hetero) is 1. The molecule has 0 spiro atoms. The zero-order valence-electron chi connectivity index (χ0n) is 55.6. The topological polar surface area (TPSA) is 376 Å². The standard InChI is InChI=1S/C68H88ClN7O20S2/c1-6-58(86)96-68(42(2)35-49-48-18-17-44-36-45(77)21-24-65(44,4)67(48,69)51(78)37-66(49,68)5)52(79)40-95-41-73-55(82)38-72-61(87)43(3)74-62(88)50(19-20-57(84)85)75-56(83)39-71-54(81)23-27-91-29-31-93-33-34-94-32-30-92-28-25-70-53(80)22-26-76-63(89)59(97-46-13-9-7-10-14-46)60(64(76)90)98-47-15-11-8-12-16-47/h7-16,21,24,36,42-43,48-51,78H,6,17-20,22-23,25-35,37-41H2,1-5H3,(H,70,80)(H,71,81)(H,72,87)(H,73,82)(H,74,88)(H,75,83)(H,84,85)/t42-,43-,48-,49?,50-,51-,65-,66-,67-,68-/m0/s1. The lowest BCUT2D eigenvalue weighted by Gasteiger charge is -2.64. The molecule has 8 amide bonds. The molecule has 98 heavy (non-hydrogen) atoms. The summed E-state index contributed by atoms with van der Waals surface area (Å²) in [5, 5.41) is 36.1. The van der Waals surface area contributed by atoms with E-state index in [1.54, 1.807) is 19.1 Å². The van der Waals surface area contributed by atoms with E-state index in [-0.39, 0.29) is 122 Å². The van der Waals surface area contributed by atoms with Crippen molar-refractivity contribution < 1.29 is 96.2 Å². The molecule has 10 atom stereocenters. The molecule has 27 nitrogen and oxygen atoms in total. The number of carbonyl (C=O) groups excluding carboxylic acids is 11. The van der Waals surface area contributed by atoms with Gasteiger partial charge in [0.15, 0.2) is 11.4 Å². The van der Waals surface area contributed by atoms with Crippen LogP contribution < -0.4 is 31.9 Å². The van der Waals surface area contributed by atoms with E-state index in [0.29, 0.717) is 29.1 Å². The Balaban J connectivity index is 0.708. The highest BCUT2D eigenvalue weighted by molar-refractivity contribution is 8.08. The second kappa shape index (κ2) is 36.6. The van der Waals surface area contributed by atoms with E-state index < -0.39 is 137 Å². The quantitative estimate of drug-likeness (QED) is 0.0156. The number of allylic oxidation sites excluding steroid dienone is 4. The number of aliphatic hydroxyl groups is 1. The highest BCUT2D eigenvalue weighted by Crippen LogP contribution is 2.72. The molecule has 0 saturated heterocycles. The molecule has 2 aromatic carbocycles. The molecule has 2 aromatic rings. The first-order valence-electron chi connectivity index (χ1n) is 32.7. The summed E-state index contributed by atoms with van der Waals surface area (Å²) < 4.78 is 33.8. The number of thioether (sulfide) groups is 2. The van der Waals surface area contributed by atoms with Crippen molar-refractivity contribution in [1.29, 1.82) is 0 Å². The van der Waals surface area contributed by atoms with E-state index in [0.717, 1.165) is 20.3 Å². The van der Waals surface area contributed by atoms with Crippen LogP contribution in [0, 0.1) is 28.6 Å². The average molecular weight is 1420 g/mol. The highest BCUT2D eigenvalue weighted by Gasteiger charge is 2.76. The minimum absolute atomic E-state index is 0.00491. The Morgan fingerprint density at radius 2 is 1.28 bits per heavy atom. The average Bonchev–Trinajstić information content (AvgIpc) is 1.40. The van der Waals surface area contributed by atoms with E-state index in [1.807, 2.05) is 81.4 Å². The van der Waals surface area contributed by atoms with Gasteiger partial charge < -0.3 is 70.5 Å². The third kappa shape index (κ3) is 19.5. The van der Waals surface area contributed by atoms with Crippen LogP contribution in [0.1, 0.15) is 92.4 Å². The summed E-state index contributed by atoms with van der Waals surface area (Å²) in [5.74, 6) is -8.87. The van der Waals surface area contributed by atoms with E-state index in [4.69, 9.17) is 40.0 Å². The third-order valence-corrected chi connectivity index (χ3v) is 21.7. The van der Waals surface area contributed by atoms with Crippen LogP contribution in [0.5, 0.6) is 0 Å².